The minimum atomic E-state index is -0.529. The van der Waals surface area contributed by atoms with Crippen molar-refractivity contribution in [1.29, 1.82) is 0 Å². The maximum Gasteiger partial charge on any atom is 0.309 e. The van der Waals surface area contributed by atoms with Gasteiger partial charge in [0.1, 0.15) is 17.4 Å². The molecular formula is C26H26ClFN6O3. The van der Waals surface area contributed by atoms with Gasteiger partial charge in [0.15, 0.2) is 5.65 Å². The number of hydrogen-bond acceptors (Lipinski definition) is 8. The van der Waals surface area contributed by atoms with Crippen LogP contribution in [0.1, 0.15) is 19.8 Å². The molecule has 0 spiro atoms. The smallest absolute Gasteiger partial charge is 0.309 e. The molecule has 0 atom stereocenters. The molecule has 4 aromatic rings. The molecule has 0 unspecified atom stereocenters. The van der Waals surface area contributed by atoms with Crippen LogP contribution in [0.15, 0.2) is 42.5 Å². The normalized spacial score (nSPS) is 14.2. The standard InChI is InChI=1S/C26H26ClFN6O3/c1-3-37-25(35)15-10-12-33(13-11-15)26-30-22(16-4-9-20(28)19(27)14-16)21-23(29)34(32-24(21)31-26)17-5-7-18(36-2)8-6-17/h4-9,14-15H,3,10-13,29H2,1-2H3. The first-order valence-corrected chi connectivity index (χ1v) is 12.3. The number of nitrogens with two attached hydrogens (primary N) is 1. The molecule has 2 aromatic heterocycles. The average molecular weight is 525 g/mol. The van der Waals surface area contributed by atoms with Crippen molar-refractivity contribution >= 4 is 40.4 Å². The summed E-state index contributed by atoms with van der Waals surface area (Å²) in [5.41, 5.74) is 8.76. The zero-order valence-electron chi connectivity index (χ0n) is 20.4. The third-order valence-corrected chi connectivity index (χ3v) is 6.75. The highest BCUT2D eigenvalue weighted by atomic mass is 35.5. The van der Waals surface area contributed by atoms with E-state index in [0.29, 0.717) is 72.3 Å². The number of nitrogens with zero attached hydrogens (tertiary/aromatic N) is 5. The Bertz CT molecular complexity index is 1450. The number of hydrogen-bond donors (Lipinski definition) is 1. The number of piperidine rings is 1. The first-order chi connectivity index (χ1) is 17.9. The molecule has 192 valence electrons. The van der Waals surface area contributed by atoms with E-state index < -0.39 is 5.82 Å². The summed E-state index contributed by atoms with van der Waals surface area (Å²) in [5.74, 6) is 0.632. The van der Waals surface area contributed by atoms with Gasteiger partial charge in [0, 0.05) is 18.7 Å². The lowest BCUT2D eigenvalue weighted by atomic mass is 9.97. The van der Waals surface area contributed by atoms with Crippen LogP contribution in [0.4, 0.5) is 16.2 Å². The van der Waals surface area contributed by atoms with Gasteiger partial charge in [0.25, 0.3) is 0 Å². The first kappa shape index (κ1) is 24.8. The van der Waals surface area contributed by atoms with E-state index in [1.54, 1.807) is 24.8 Å². The summed E-state index contributed by atoms with van der Waals surface area (Å²) in [6.07, 6.45) is 1.25. The summed E-state index contributed by atoms with van der Waals surface area (Å²) < 4.78 is 26.0. The number of nitrogen functional groups attached to an aromatic ring is 1. The molecule has 0 saturated carbocycles. The Morgan fingerprint density at radius 2 is 1.89 bits per heavy atom. The second-order valence-corrected chi connectivity index (χ2v) is 9.12. The lowest BCUT2D eigenvalue weighted by Gasteiger charge is -2.31. The van der Waals surface area contributed by atoms with Crippen LogP contribution < -0.4 is 15.4 Å². The average Bonchev–Trinajstić information content (AvgIpc) is 3.26. The Labute approximate surface area is 218 Å². The van der Waals surface area contributed by atoms with Gasteiger partial charge in [0.05, 0.1) is 41.4 Å². The fourth-order valence-corrected chi connectivity index (χ4v) is 4.67. The monoisotopic (exact) mass is 524 g/mol. The van der Waals surface area contributed by atoms with Gasteiger partial charge in [-0.3, -0.25) is 4.79 Å². The molecule has 2 N–H and O–H groups in total. The number of esters is 1. The summed E-state index contributed by atoms with van der Waals surface area (Å²) in [5, 5.41) is 5.18. The number of aromatic nitrogens is 4. The highest BCUT2D eigenvalue weighted by Crippen LogP contribution is 2.35. The second kappa shape index (κ2) is 10.2. The first-order valence-electron chi connectivity index (χ1n) is 12.0. The summed E-state index contributed by atoms with van der Waals surface area (Å²) in [6.45, 7) is 3.32. The van der Waals surface area contributed by atoms with Crippen molar-refractivity contribution < 1.29 is 18.7 Å². The van der Waals surface area contributed by atoms with E-state index in [0.717, 1.165) is 5.69 Å². The minimum absolute atomic E-state index is 0.0258. The number of anilines is 2. The zero-order valence-corrected chi connectivity index (χ0v) is 21.2. The molecule has 0 aliphatic carbocycles. The number of fused-ring (bicyclic) bond motifs is 1. The van der Waals surface area contributed by atoms with Crippen LogP contribution >= 0.6 is 11.6 Å². The van der Waals surface area contributed by atoms with Crippen molar-refractivity contribution in [2.75, 3.05) is 37.4 Å². The molecule has 1 aliphatic rings. The molecule has 37 heavy (non-hydrogen) atoms. The SMILES string of the molecule is CCOC(=O)C1CCN(c2nc(-c3ccc(F)c(Cl)c3)c3c(N)n(-c4ccc(OC)cc4)nc3n2)CC1. The number of carbonyl (C=O) groups is 1. The number of rotatable bonds is 6. The number of benzene rings is 2. The van der Waals surface area contributed by atoms with Gasteiger partial charge in [-0.1, -0.05) is 11.6 Å². The molecule has 3 heterocycles. The van der Waals surface area contributed by atoms with Gasteiger partial charge in [-0.15, -0.1) is 5.10 Å². The van der Waals surface area contributed by atoms with E-state index >= 15 is 0 Å². The number of carbonyl (C=O) groups excluding carboxylic acids is 1. The lowest BCUT2D eigenvalue weighted by Crippen LogP contribution is -2.38. The fourth-order valence-electron chi connectivity index (χ4n) is 4.49. The number of ether oxygens (including phenoxy) is 2. The van der Waals surface area contributed by atoms with E-state index in [2.05, 4.69) is 5.10 Å². The maximum absolute atomic E-state index is 14.0. The van der Waals surface area contributed by atoms with Gasteiger partial charge in [-0.25, -0.2) is 14.1 Å². The van der Waals surface area contributed by atoms with Crippen LogP contribution in [-0.4, -0.2) is 52.5 Å². The molecular weight excluding hydrogens is 499 g/mol. The third-order valence-electron chi connectivity index (χ3n) is 6.46. The van der Waals surface area contributed by atoms with E-state index in [1.807, 2.05) is 29.2 Å². The lowest BCUT2D eigenvalue weighted by molar-refractivity contribution is -0.148. The van der Waals surface area contributed by atoms with E-state index in [-0.39, 0.29) is 16.9 Å². The molecule has 9 nitrogen and oxygen atoms in total. The predicted octanol–water partition coefficient (Wildman–Crippen LogP) is 4.65. The summed E-state index contributed by atoms with van der Waals surface area (Å²) in [4.78, 5) is 23.7. The molecule has 0 radical (unpaired) electrons. The maximum atomic E-state index is 14.0. The number of halogens is 2. The largest absolute Gasteiger partial charge is 0.497 e. The van der Waals surface area contributed by atoms with Gasteiger partial charge < -0.3 is 20.1 Å². The van der Waals surface area contributed by atoms with Crippen molar-refractivity contribution in [3.05, 3.63) is 53.3 Å². The van der Waals surface area contributed by atoms with E-state index in [4.69, 9.17) is 36.8 Å². The van der Waals surface area contributed by atoms with Crippen molar-refractivity contribution in [2.24, 2.45) is 5.92 Å². The van der Waals surface area contributed by atoms with Gasteiger partial charge in [-0.2, -0.15) is 4.98 Å². The Morgan fingerprint density at radius 3 is 2.54 bits per heavy atom. The number of methoxy groups -OCH3 is 1. The molecule has 11 heteroatoms. The van der Waals surface area contributed by atoms with Crippen LogP contribution in [0.2, 0.25) is 5.02 Å². The third kappa shape index (κ3) is 4.76. The van der Waals surface area contributed by atoms with Crippen molar-refractivity contribution in [3.8, 4) is 22.7 Å². The fraction of sp³-hybridized carbons (Fsp3) is 0.308. The molecule has 0 bridgehead atoms. The molecule has 2 aromatic carbocycles. The van der Waals surface area contributed by atoms with Crippen LogP contribution in [0.5, 0.6) is 5.75 Å². The second-order valence-electron chi connectivity index (χ2n) is 8.71. The molecule has 1 aliphatic heterocycles. The van der Waals surface area contributed by atoms with Crippen molar-refractivity contribution in [2.45, 2.75) is 19.8 Å². The highest BCUT2D eigenvalue weighted by molar-refractivity contribution is 6.31. The molecule has 0 amide bonds. The quantitative estimate of drug-likeness (QED) is 0.363. The Morgan fingerprint density at radius 1 is 1.16 bits per heavy atom. The van der Waals surface area contributed by atoms with Crippen LogP contribution in [0, 0.1) is 11.7 Å². The van der Waals surface area contributed by atoms with Crippen molar-refractivity contribution in [3.63, 3.8) is 0 Å². The minimum Gasteiger partial charge on any atom is -0.497 e. The van der Waals surface area contributed by atoms with Crippen LogP contribution in [0.3, 0.4) is 0 Å². The molecule has 1 fully saturated rings. The summed E-state index contributed by atoms with van der Waals surface area (Å²) in [6, 6.07) is 11.7. The zero-order chi connectivity index (χ0) is 26.1. The Balaban J connectivity index is 1.59. The Hall–Kier alpha value is -3.92. The van der Waals surface area contributed by atoms with Crippen LogP contribution in [0.25, 0.3) is 28.0 Å². The van der Waals surface area contributed by atoms with E-state index in [1.165, 1.54) is 12.1 Å². The van der Waals surface area contributed by atoms with Gasteiger partial charge in [-0.05, 0) is 62.2 Å². The van der Waals surface area contributed by atoms with Gasteiger partial charge >= 0.3 is 5.97 Å². The summed E-state index contributed by atoms with van der Waals surface area (Å²) >= 11 is 6.11. The van der Waals surface area contributed by atoms with Crippen molar-refractivity contribution in [1.82, 2.24) is 19.7 Å². The Kier molecular flexibility index (Phi) is 6.84. The van der Waals surface area contributed by atoms with Gasteiger partial charge in [0.2, 0.25) is 5.95 Å². The molecule has 5 rings (SSSR count). The predicted molar refractivity (Wildman–Crippen MR) is 140 cm³/mol. The highest BCUT2D eigenvalue weighted by Gasteiger charge is 2.29. The summed E-state index contributed by atoms with van der Waals surface area (Å²) in [7, 11) is 1.60. The topological polar surface area (TPSA) is 108 Å². The van der Waals surface area contributed by atoms with E-state index in [9.17, 15) is 9.18 Å². The molecule has 1 saturated heterocycles. The van der Waals surface area contributed by atoms with Crippen LogP contribution in [-0.2, 0) is 9.53 Å².